The number of pyridine rings is 1. The van der Waals surface area contributed by atoms with Gasteiger partial charge >= 0.3 is 0 Å². The molecule has 0 aliphatic heterocycles. The fraction of sp³-hybridized carbons (Fsp3) is 0.217. The second-order valence-corrected chi connectivity index (χ2v) is 7.08. The minimum absolute atomic E-state index is 0. The molecule has 0 aliphatic rings. The summed E-state index contributed by atoms with van der Waals surface area (Å²) in [5.41, 5.74) is 12.1. The summed E-state index contributed by atoms with van der Waals surface area (Å²) in [6, 6.07) is 15.0. The van der Waals surface area contributed by atoms with Gasteiger partial charge in [0.1, 0.15) is 11.4 Å². The van der Waals surface area contributed by atoms with Crippen LogP contribution in [0.25, 0.3) is 0 Å². The van der Waals surface area contributed by atoms with Gasteiger partial charge in [-0.3, -0.25) is 4.79 Å². The summed E-state index contributed by atoms with van der Waals surface area (Å²) >= 11 is 0. The number of benzene rings is 2. The van der Waals surface area contributed by atoms with Gasteiger partial charge in [0.2, 0.25) is 11.6 Å². The first-order valence-corrected chi connectivity index (χ1v) is 9.46. The molecule has 6 nitrogen and oxygen atoms in total. The number of H-pyrrole nitrogens is 1. The van der Waals surface area contributed by atoms with Crippen LogP contribution in [-0.4, -0.2) is 13.0 Å². The predicted octanol–water partition coefficient (Wildman–Crippen LogP) is 0.885. The van der Waals surface area contributed by atoms with Crippen molar-refractivity contribution in [1.29, 1.82) is 0 Å². The van der Waals surface area contributed by atoms with Gasteiger partial charge in [-0.1, -0.05) is 29.8 Å². The SMILES string of the molecule is COc1ccccc1C(=O)Nc1ccc(NCc2c(C)cc(C)cc2C)[nH+]c1N.[Cl-]. The van der Waals surface area contributed by atoms with E-state index < -0.39 is 0 Å². The Morgan fingerprint density at radius 3 is 2.37 bits per heavy atom. The second kappa shape index (κ2) is 9.98. The first kappa shape index (κ1) is 23.0. The van der Waals surface area contributed by atoms with Crippen LogP contribution in [0.5, 0.6) is 5.75 Å². The molecule has 0 unspecified atom stereocenters. The van der Waals surface area contributed by atoms with Gasteiger partial charge in [0, 0.05) is 6.07 Å². The molecule has 7 heteroatoms. The highest BCUT2D eigenvalue weighted by Crippen LogP contribution is 2.22. The maximum absolute atomic E-state index is 12.6. The van der Waals surface area contributed by atoms with Crippen molar-refractivity contribution >= 4 is 23.2 Å². The van der Waals surface area contributed by atoms with Crippen LogP contribution in [-0.2, 0) is 6.54 Å². The van der Waals surface area contributed by atoms with Crippen LogP contribution in [0.2, 0.25) is 0 Å². The highest BCUT2D eigenvalue weighted by Gasteiger charge is 2.15. The molecule has 5 N–H and O–H groups in total. The van der Waals surface area contributed by atoms with Gasteiger partial charge in [-0.15, -0.1) is 0 Å². The molecule has 0 radical (unpaired) electrons. The van der Waals surface area contributed by atoms with E-state index in [-0.39, 0.29) is 18.3 Å². The Hall–Kier alpha value is -3.25. The molecule has 2 aromatic carbocycles. The van der Waals surface area contributed by atoms with Crippen molar-refractivity contribution in [3.63, 3.8) is 0 Å². The molecule has 1 heterocycles. The van der Waals surface area contributed by atoms with E-state index in [0.29, 0.717) is 29.4 Å². The second-order valence-electron chi connectivity index (χ2n) is 7.08. The molecule has 0 bridgehead atoms. The number of nitrogen functional groups attached to an aromatic ring is 1. The van der Waals surface area contributed by atoms with Gasteiger partial charge in [-0.2, -0.15) is 0 Å². The van der Waals surface area contributed by atoms with Crippen molar-refractivity contribution in [2.75, 3.05) is 23.5 Å². The van der Waals surface area contributed by atoms with Crippen molar-refractivity contribution in [3.8, 4) is 5.75 Å². The number of amides is 1. The average Bonchev–Trinajstić information content (AvgIpc) is 2.69. The Labute approximate surface area is 183 Å². The number of nitrogens with one attached hydrogen (secondary N) is 3. The van der Waals surface area contributed by atoms with E-state index in [9.17, 15) is 4.79 Å². The Morgan fingerprint density at radius 2 is 1.73 bits per heavy atom. The van der Waals surface area contributed by atoms with Gasteiger partial charge in [-0.05, 0) is 55.7 Å². The van der Waals surface area contributed by atoms with Crippen molar-refractivity contribution in [2.24, 2.45) is 0 Å². The summed E-state index contributed by atoms with van der Waals surface area (Å²) in [5.74, 6) is 1.37. The monoisotopic (exact) mass is 426 g/mol. The molecule has 0 fully saturated rings. The molecule has 158 valence electrons. The van der Waals surface area contributed by atoms with E-state index in [1.54, 1.807) is 24.3 Å². The number of aromatic amines is 1. The first-order valence-electron chi connectivity index (χ1n) is 9.46. The minimum atomic E-state index is -0.283. The van der Waals surface area contributed by atoms with Crippen LogP contribution < -0.4 is 38.5 Å². The van der Waals surface area contributed by atoms with Crippen LogP contribution in [0.3, 0.4) is 0 Å². The van der Waals surface area contributed by atoms with Gasteiger partial charge in [-0.25, -0.2) is 4.98 Å². The smallest absolute Gasteiger partial charge is 0.259 e. The molecular formula is C23H27ClN4O2. The fourth-order valence-corrected chi connectivity index (χ4v) is 3.42. The van der Waals surface area contributed by atoms with Gasteiger partial charge in [0.25, 0.3) is 5.91 Å². The molecule has 1 amide bonds. The molecule has 3 aromatic rings. The molecule has 30 heavy (non-hydrogen) atoms. The van der Waals surface area contributed by atoms with Crippen LogP contribution in [0.4, 0.5) is 17.3 Å². The topological polar surface area (TPSA) is 90.5 Å². The summed E-state index contributed by atoms with van der Waals surface area (Å²) in [6.45, 7) is 7.02. The van der Waals surface area contributed by atoms with E-state index in [4.69, 9.17) is 10.5 Å². The molecule has 0 saturated heterocycles. The van der Waals surface area contributed by atoms with E-state index in [1.165, 1.54) is 29.4 Å². The third kappa shape index (κ3) is 5.21. The quantitative estimate of drug-likeness (QED) is 0.546. The molecule has 0 aliphatic carbocycles. The zero-order valence-electron chi connectivity index (χ0n) is 17.6. The number of carbonyl (C=O) groups excluding carboxylic acids is 1. The molecular weight excluding hydrogens is 400 g/mol. The number of halogens is 1. The highest BCUT2D eigenvalue weighted by atomic mass is 35.5. The standard InChI is InChI=1S/C23H26N4O2.ClH/c1-14-11-15(2)18(16(3)12-14)13-25-21-10-9-19(22(24)27-21)26-23(28)17-7-5-6-8-20(17)29-4;/h5-12H,13H2,1-4H3,(H,26,28)(H3,24,25,27);1H. The molecule has 0 spiro atoms. The van der Waals surface area contributed by atoms with Crippen molar-refractivity contribution in [2.45, 2.75) is 27.3 Å². The Kier molecular flexibility index (Phi) is 7.66. The molecule has 1 aromatic heterocycles. The highest BCUT2D eigenvalue weighted by molar-refractivity contribution is 6.07. The number of anilines is 3. The van der Waals surface area contributed by atoms with Crippen molar-refractivity contribution in [1.82, 2.24) is 0 Å². The maximum atomic E-state index is 12.6. The van der Waals surface area contributed by atoms with Crippen LogP contribution >= 0.6 is 0 Å². The number of rotatable bonds is 6. The number of nitrogens with two attached hydrogens (primary N) is 1. The van der Waals surface area contributed by atoms with E-state index in [0.717, 1.165) is 5.82 Å². The van der Waals surface area contributed by atoms with Crippen molar-refractivity contribution < 1.29 is 26.9 Å². The van der Waals surface area contributed by atoms with Gasteiger partial charge in [0.15, 0.2) is 0 Å². The third-order valence-electron chi connectivity index (χ3n) is 4.87. The summed E-state index contributed by atoms with van der Waals surface area (Å²) in [7, 11) is 1.53. The van der Waals surface area contributed by atoms with E-state index >= 15 is 0 Å². The fourth-order valence-electron chi connectivity index (χ4n) is 3.42. The number of para-hydroxylation sites is 1. The van der Waals surface area contributed by atoms with Crippen molar-refractivity contribution in [3.05, 3.63) is 76.3 Å². The number of carbonyl (C=O) groups is 1. The Bertz CT molecular complexity index is 1030. The Balaban J connectivity index is 0.00000320. The lowest BCUT2D eigenvalue weighted by Crippen LogP contribution is -3.00. The Morgan fingerprint density at radius 1 is 1.07 bits per heavy atom. The summed E-state index contributed by atoms with van der Waals surface area (Å²) in [5, 5.41) is 6.19. The zero-order chi connectivity index (χ0) is 21.0. The molecule has 3 rings (SSSR count). The zero-order valence-corrected chi connectivity index (χ0v) is 18.4. The first-order chi connectivity index (χ1) is 13.9. The minimum Gasteiger partial charge on any atom is -1.00 e. The maximum Gasteiger partial charge on any atom is 0.259 e. The summed E-state index contributed by atoms with van der Waals surface area (Å²) in [6.07, 6.45) is 0. The third-order valence-corrected chi connectivity index (χ3v) is 4.87. The van der Waals surface area contributed by atoms with Crippen LogP contribution in [0.15, 0.2) is 48.5 Å². The average molecular weight is 427 g/mol. The lowest BCUT2D eigenvalue weighted by Gasteiger charge is -2.12. The number of hydrogen-bond donors (Lipinski definition) is 3. The summed E-state index contributed by atoms with van der Waals surface area (Å²) < 4.78 is 5.24. The number of ether oxygens (including phenoxy) is 1. The summed E-state index contributed by atoms with van der Waals surface area (Å²) in [4.78, 5) is 15.7. The molecule has 0 saturated carbocycles. The van der Waals surface area contributed by atoms with Gasteiger partial charge in [0.05, 0.1) is 19.2 Å². The number of hydrogen-bond acceptors (Lipinski definition) is 4. The normalized spacial score (nSPS) is 10.1. The van der Waals surface area contributed by atoms with E-state index in [2.05, 4.69) is 48.5 Å². The van der Waals surface area contributed by atoms with E-state index in [1.807, 2.05) is 12.1 Å². The van der Waals surface area contributed by atoms with Gasteiger partial charge < -0.3 is 33.5 Å². The lowest BCUT2D eigenvalue weighted by molar-refractivity contribution is -0.342. The number of aromatic nitrogens is 1. The number of methoxy groups -OCH3 is 1. The predicted molar refractivity (Wildman–Crippen MR) is 116 cm³/mol. The number of aryl methyl sites for hydroxylation is 3. The van der Waals surface area contributed by atoms with Crippen LogP contribution in [0.1, 0.15) is 32.6 Å². The molecule has 0 atom stereocenters. The lowest BCUT2D eigenvalue weighted by atomic mass is 10.00. The van der Waals surface area contributed by atoms with Crippen LogP contribution in [0, 0.1) is 20.8 Å². The largest absolute Gasteiger partial charge is 1.00 e.